The Morgan fingerprint density at radius 3 is 2.54 bits per heavy atom. The molecule has 1 rings (SSSR count). The van der Waals surface area contributed by atoms with E-state index in [-0.39, 0.29) is 0 Å². The Morgan fingerprint density at radius 1 is 1.46 bits per heavy atom. The van der Waals surface area contributed by atoms with E-state index in [9.17, 15) is 4.79 Å². The summed E-state index contributed by atoms with van der Waals surface area (Å²) < 4.78 is 0. The van der Waals surface area contributed by atoms with Crippen LogP contribution in [0.2, 0.25) is 10.0 Å². The van der Waals surface area contributed by atoms with Crippen LogP contribution in [-0.2, 0) is 4.79 Å². The minimum Gasteiger partial charge on any atom is -0.368 e. The Labute approximate surface area is 91.4 Å². The average molecular weight is 236 g/mol. The number of carbonyl (C=O) groups is 1. The van der Waals surface area contributed by atoms with E-state index < -0.39 is 11.2 Å². The van der Waals surface area contributed by atoms with E-state index >= 15 is 0 Å². The van der Waals surface area contributed by atoms with E-state index in [4.69, 9.17) is 28.9 Å². The number of benzene rings is 1. The van der Waals surface area contributed by atoms with Gasteiger partial charge in [-0.05, 0) is 17.7 Å². The zero-order valence-corrected chi connectivity index (χ0v) is 8.90. The maximum absolute atomic E-state index is 10.8. The molecule has 0 spiro atoms. The van der Waals surface area contributed by atoms with Gasteiger partial charge in [0.2, 0.25) is 5.91 Å². The fourth-order valence-electron chi connectivity index (χ4n) is 0.877. The number of carbonyl (C=O) groups excluding carboxylic acids is 1. The van der Waals surface area contributed by atoms with Gasteiger partial charge in [0.1, 0.15) is 5.25 Å². The molecule has 0 aliphatic rings. The summed E-state index contributed by atoms with van der Waals surface area (Å²) in [7, 11) is 0. The largest absolute Gasteiger partial charge is 0.368 e. The zero-order chi connectivity index (χ0) is 10.0. The molecule has 0 bridgehead atoms. The topological polar surface area (TPSA) is 43.1 Å². The number of rotatable bonds is 2. The quantitative estimate of drug-likeness (QED) is 0.761. The lowest BCUT2D eigenvalue weighted by Gasteiger charge is -2.08. The van der Waals surface area contributed by atoms with Gasteiger partial charge < -0.3 is 5.73 Å². The molecule has 1 aromatic rings. The van der Waals surface area contributed by atoms with Gasteiger partial charge in [0, 0.05) is 10.0 Å². The van der Waals surface area contributed by atoms with Gasteiger partial charge in [0.25, 0.3) is 0 Å². The lowest BCUT2D eigenvalue weighted by Crippen LogP contribution is -2.17. The lowest BCUT2D eigenvalue weighted by molar-refractivity contribution is -0.117. The fraction of sp³-hybridized carbons (Fsp3) is 0.125. The molecular formula is C8H7Cl2NOS. The van der Waals surface area contributed by atoms with Crippen molar-refractivity contribution in [3.8, 4) is 0 Å². The summed E-state index contributed by atoms with van der Waals surface area (Å²) in [5, 5.41) is 0.217. The van der Waals surface area contributed by atoms with Crippen molar-refractivity contribution in [3.05, 3.63) is 33.8 Å². The first-order valence-electron chi connectivity index (χ1n) is 3.44. The first kappa shape index (κ1) is 10.7. The average Bonchev–Trinajstić information content (AvgIpc) is 2.03. The molecule has 2 nitrogen and oxygen atoms in total. The Bertz CT molecular complexity index is 343. The van der Waals surface area contributed by atoms with Crippen LogP contribution in [-0.4, -0.2) is 5.91 Å². The summed E-state index contributed by atoms with van der Waals surface area (Å²) in [6, 6.07) is 4.81. The molecule has 1 aromatic carbocycles. The minimum absolute atomic E-state index is 0.395. The van der Waals surface area contributed by atoms with Gasteiger partial charge in [-0.15, -0.1) is 0 Å². The van der Waals surface area contributed by atoms with Crippen molar-refractivity contribution >= 4 is 41.7 Å². The van der Waals surface area contributed by atoms with E-state index in [0.29, 0.717) is 15.6 Å². The van der Waals surface area contributed by atoms with Crippen molar-refractivity contribution in [2.24, 2.45) is 5.73 Å². The highest BCUT2D eigenvalue weighted by Gasteiger charge is 2.15. The Balaban J connectivity index is 3.08. The molecular weight excluding hydrogens is 229 g/mol. The molecule has 0 aliphatic heterocycles. The zero-order valence-electron chi connectivity index (χ0n) is 6.50. The smallest absolute Gasteiger partial charge is 0.234 e. The molecule has 1 amide bonds. The second kappa shape index (κ2) is 4.22. The highest BCUT2D eigenvalue weighted by atomic mass is 35.5. The van der Waals surface area contributed by atoms with Crippen molar-refractivity contribution < 1.29 is 4.79 Å². The van der Waals surface area contributed by atoms with Crippen LogP contribution in [0.5, 0.6) is 0 Å². The molecule has 0 saturated heterocycles. The highest BCUT2D eigenvalue weighted by molar-refractivity contribution is 7.81. The van der Waals surface area contributed by atoms with Crippen molar-refractivity contribution in [2.45, 2.75) is 5.25 Å². The molecule has 5 heteroatoms. The maximum atomic E-state index is 10.8. The highest BCUT2D eigenvalue weighted by Crippen LogP contribution is 2.29. The summed E-state index contributed by atoms with van der Waals surface area (Å²) in [5.41, 5.74) is 5.64. The van der Waals surface area contributed by atoms with Crippen LogP contribution in [0.15, 0.2) is 18.2 Å². The van der Waals surface area contributed by atoms with E-state index in [1.165, 1.54) is 0 Å². The molecule has 13 heavy (non-hydrogen) atoms. The van der Waals surface area contributed by atoms with Crippen LogP contribution < -0.4 is 5.73 Å². The molecule has 0 aromatic heterocycles. The number of nitrogens with two attached hydrogens (primary N) is 1. The summed E-state index contributed by atoms with van der Waals surface area (Å²) in [6.07, 6.45) is 0. The molecule has 0 fully saturated rings. The predicted molar refractivity (Wildman–Crippen MR) is 57.4 cm³/mol. The summed E-state index contributed by atoms with van der Waals surface area (Å²) in [5.74, 6) is -0.535. The lowest BCUT2D eigenvalue weighted by atomic mass is 10.1. The van der Waals surface area contributed by atoms with Gasteiger partial charge in [-0.1, -0.05) is 29.3 Å². The van der Waals surface area contributed by atoms with E-state index in [1.54, 1.807) is 18.2 Å². The molecule has 2 N–H and O–H groups in total. The van der Waals surface area contributed by atoms with Crippen molar-refractivity contribution in [2.75, 3.05) is 0 Å². The van der Waals surface area contributed by atoms with Gasteiger partial charge in [-0.25, -0.2) is 0 Å². The minimum atomic E-state index is -0.690. The Hall–Kier alpha value is -0.380. The maximum Gasteiger partial charge on any atom is 0.234 e. The first-order chi connectivity index (χ1) is 6.02. The van der Waals surface area contributed by atoms with E-state index in [0.717, 1.165) is 0 Å². The summed E-state index contributed by atoms with van der Waals surface area (Å²) in [4.78, 5) is 10.8. The van der Waals surface area contributed by atoms with Gasteiger partial charge in [-0.2, -0.15) is 12.6 Å². The Kier molecular flexibility index (Phi) is 3.47. The second-order valence-electron chi connectivity index (χ2n) is 2.47. The number of amides is 1. The third-order valence-electron chi connectivity index (χ3n) is 1.53. The van der Waals surface area contributed by atoms with Gasteiger partial charge in [-0.3, -0.25) is 4.79 Å². The van der Waals surface area contributed by atoms with Crippen LogP contribution >= 0.6 is 35.8 Å². The second-order valence-corrected chi connectivity index (χ2v) is 3.83. The molecule has 0 aliphatic carbocycles. The number of thiol groups is 1. The standard InChI is InChI=1S/C8H7Cl2NOS/c9-4-1-2-5(6(10)3-4)7(13)8(11)12/h1-3,7,13H,(H2,11,12). The van der Waals surface area contributed by atoms with Crippen LogP contribution in [0.1, 0.15) is 10.8 Å². The van der Waals surface area contributed by atoms with E-state index in [2.05, 4.69) is 12.6 Å². The Morgan fingerprint density at radius 2 is 2.08 bits per heavy atom. The van der Waals surface area contributed by atoms with Gasteiger partial charge in [0.05, 0.1) is 0 Å². The molecule has 1 unspecified atom stereocenters. The monoisotopic (exact) mass is 235 g/mol. The van der Waals surface area contributed by atoms with Crippen LogP contribution in [0.25, 0.3) is 0 Å². The number of primary amides is 1. The molecule has 70 valence electrons. The van der Waals surface area contributed by atoms with Crippen molar-refractivity contribution in [1.29, 1.82) is 0 Å². The fourth-order valence-corrected chi connectivity index (χ4v) is 1.70. The number of hydrogen-bond acceptors (Lipinski definition) is 2. The molecule has 1 atom stereocenters. The SMILES string of the molecule is NC(=O)C(S)c1ccc(Cl)cc1Cl. The molecule has 0 heterocycles. The van der Waals surface area contributed by atoms with Crippen LogP contribution in [0.3, 0.4) is 0 Å². The molecule has 0 radical (unpaired) electrons. The van der Waals surface area contributed by atoms with Crippen molar-refractivity contribution in [1.82, 2.24) is 0 Å². The van der Waals surface area contributed by atoms with Gasteiger partial charge >= 0.3 is 0 Å². The van der Waals surface area contributed by atoms with Crippen LogP contribution in [0, 0.1) is 0 Å². The number of hydrogen-bond donors (Lipinski definition) is 2. The predicted octanol–water partition coefficient (Wildman–Crippen LogP) is 2.45. The van der Waals surface area contributed by atoms with Crippen molar-refractivity contribution in [3.63, 3.8) is 0 Å². The van der Waals surface area contributed by atoms with Gasteiger partial charge in [0.15, 0.2) is 0 Å². The number of halogens is 2. The summed E-state index contributed by atoms with van der Waals surface area (Å²) in [6.45, 7) is 0. The molecule has 0 saturated carbocycles. The first-order valence-corrected chi connectivity index (χ1v) is 4.72. The third kappa shape index (κ3) is 2.53. The van der Waals surface area contributed by atoms with Crippen LogP contribution in [0.4, 0.5) is 0 Å². The normalized spacial score (nSPS) is 12.5. The van der Waals surface area contributed by atoms with E-state index in [1.807, 2.05) is 0 Å². The third-order valence-corrected chi connectivity index (χ3v) is 2.62. The summed E-state index contributed by atoms with van der Waals surface area (Å²) >= 11 is 15.5.